The van der Waals surface area contributed by atoms with Crippen LogP contribution in [0.15, 0.2) is 35.7 Å². The number of nitrogens with zero attached hydrogens (tertiary/aromatic N) is 1. The smallest absolute Gasteiger partial charge is 0.339 e. The van der Waals surface area contributed by atoms with Crippen LogP contribution in [0.25, 0.3) is 0 Å². The van der Waals surface area contributed by atoms with E-state index in [-0.39, 0.29) is 0 Å². The van der Waals surface area contributed by atoms with Crippen molar-refractivity contribution in [3.8, 4) is 0 Å². The predicted octanol–water partition coefficient (Wildman–Crippen LogP) is 0.960. The van der Waals surface area contributed by atoms with Crippen LogP contribution in [0.3, 0.4) is 0 Å². The van der Waals surface area contributed by atoms with Gasteiger partial charge in [0.2, 0.25) is 0 Å². The zero-order chi connectivity index (χ0) is 12.0. The van der Waals surface area contributed by atoms with E-state index < -0.39 is 18.2 Å². The van der Waals surface area contributed by atoms with E-state index in [1.807, 2.05) is 0 Å². The van der Waals surface area contributed by atoms with Gasteiger partial charge in [-0.3, -0.25) is 0 Å². The molecule has 6 heteroatoms. The van der Waals surface area contributed by atoms with E-state index in [0.717, 1.165) is 7.11 Å². The summed E-state index contributed by atoms with van der Waals surface area (Å²) in [6, 6.07) is 8.31. The molecule has 0 amide bonds. The van der Waals surface area contributed by atoms with Crippen molar-refractivity contribution in [2.24, 2.45) is 5.34 Å². The average Bonchev–Trinajstić information content (AvgIpc) is 2.35. The number of methoxy groups -OCH3 is 1. The maximum absolute atomic E-state index is 11.1. The molecule has 1 aromatic carbocycles. The van der Waals surface area contributed by atoms with Gasteiger partial charge in [-0.1, -0.05) is 30.3 Å². The minimum Gasteiger partial charge on any atom is -0.467 e. The highest BCUT2D eigenvalue weighted by molar-refractivity contribution is 5.75. The van der Waals surface area contributed by atoms with Gasteiger partial charge in [-0.15, -0.1) is 4.91 Å². The largest absolute Gasteiger partial charge is 0.467 e. The number of benzene rings is 1. The third-order valence-electron chi connectivity index (χ3n) is 2.01. The first-order valence-corrected chi connectivity index (χ1v) is 4.50. The van der Waals surface area contributed by atoms with E-state index in [9.17, 15) is 14.8 Å². The number of aliphatic hydroxyl groups is 1. The molecular formula is C10H11NO5. The van der Waals surface area contributed by atoms with Crippen LogP contribution >= 0.6 is 0 Å². The van der Waals surface area contributed by atoms with Gasteiger partial charge < -0.3 is 14.7 Å². The number of carbonyl (C=O) groups is 1. The molecule has 2 atom stereocenters. The molecule has 1 aromatic rings. The zero-order valence-corrected chi connectivity index (χ0v) is 8.57. The Morgan fingerprint density at radius 2 is 2.00 bits per heavy atom. The number of hydrogen-bond acceptors (Lipinski definition) is 6. The van der Waals surface area contributed by atoms with Crippen LogP contribution in [0.4, 0.5) is 0 Å². The molecule has 6 nitrogen and oxygen atoms in total. The van der Waals surface area contributed by atoms with Crippen LogP contribution in [0.5, 0.6) is 0 Å². The molecule has 0 aliphatic rings. The van der Waals surface area contributed by atoms with Gasteiger partial charge >= 0.3 is 5.97 Å². The second-order valence-corrected chi connectivity index (χ2v) is 2.98. The molecule has 0 aliphatic carbocycles. The van der Waals surface area contributed by atoms with Crippen molar-refractivity contribution in [2.45, 2.75) is 12.2 Å². The Balaban J connectivity index is 2.91. The molecule has 0 spiro atoms. The lowest BCUT2D eigenvalue weighted by atomic mass is 10.0. The third kappa shape index (κ3) is 2.77. The van der Waals surface area contributed by atoms with Crippen molar-refractivity contribution in [1.29, 1.82) is 0 Å². The molecule has 1 N–H and O–H groups in total. The van der Waals surface area contributed by atoms with Crippen molar-refractivity contribution >= 4 is 5.97 Å². The van der Waals surface area contributed by atoms with Crippen LogP contribution in [-0.2, 0) is 14.4 Å². The summed E-state index contributed by atoms with van der Waals surface area (Å²) in [6.45, 7) is 0. The van der Waals surface area contributed by atoms with Crippen LogP contribution in [-0.4, -0.2) is 24.3 Å². The first-order chi connectivity index (χ1) is 7.70. The van der Waals surface area contributed by atoms with Crippen LogP contribution in [0.1, 0.15) is 11.7 Å². The zero-order valence-electron chi connectivity index (χ0n) is 8.57. The number of aliphatic hydroxyl groups excluding tert-OH is 1. The summed E-state index contributed by atoms with van der Waals surface area (Å²) in [4.78, 5) is 25.6. The van der Waals surface area contributed by atoms with E-state index >= 15 is 0 Å². The summed E-state index contributed by atoms with van der Waals surface area (Å²) in [5, 5.41) is 11.8. The summed E-state index contributed by atoms with van der Waals surface area (Å²) >= 11 is 0. The summed E-state index contributed by atoms with van der Waals surface area (Å²) in [5.74, 6) is -0.891. The fourth-order valence-electron chi connectivity index (χ4n) is 1.23. The molecule has 1 rings (SSSR count). The molecule has 16 heavy (non-hydrogen) atoms. The average molecular weight is 225 g/mol. The lowest BCUT2D eigenvalue weighted by Gasteiger charge is -2.17. The van der Waals surface area contributed by atoms with Crippen molar-refractivity contribution in [1.82, 2.24) is 0 Å². The number of ether oxygens (including phenoxy) is 1. The Bertz CT molecular complexity index is 353. The molecule has 0 saturated carbocycles. The fourth-order valence-corrected chi connectivity index (χ4v) is 1.23. The van der Waals surface area contributed by atoms with E-state index in [2.05, 4.69) is 14.9 Å². The van der Waals surface area contributed by atoms with Gasteiger partial charge in [0, 0.05) is 0 Å². The van der Waals surface area contributed by atoms with Crippen LogP contribution in [0.2, 0.25) is 0 Å². The summed E-state index contributed by atoms with van der Waals surface area (Å²) in [7, 11) is 1.13. The lowest BCUT2D eigenvalue weighted by Crippen LogP contribution is -2.30. The Kier molecular flexibility index (Phi) is 4.41. The number of esters is 1. The highest BCUT2D eigenvalue weighted by Crippen LogP contribution is 2.22. The Morgan fingerprint density at radius 3 is 2.50 bits per heavy atom. The third-order valence-corrected chi connectivity index (χ3v) is 2.01. The van der Waals surface area contributed by atoms with Gasteiger partial charge in [0.1, 0.15) is 0 Å². The fraction of sp³-hybridized carbons (Fsp3) is 0.300. The van der Waals surface area contributed by atoms with Gasteiger partial charge in [0.05, 0.1) is 7.11 Å². The second-order valence-electron chi connectivity index (χ2n) is 2.98. The van der Waals surface area contributed by atoms with Crippen LogP contribution < -0.4 is 0 Å². The quantitative estimate of drug-likeness (QED) is 0.458. The molecule has 0 fully saturated rings. The minimum atomic E-state index is -1.59. The SMILES string of the molecule is COC(=O)C(O)C(ON=O)c1ccccc1. The summed E-state index contributed by atoms with van der Waals surface area (Å²) < 4.78 is 4.35. The Hall–Kier alpha value is -1.95. The van der Waals surface area contributed by atoms with Gasteiger partial charge in [-0.2, -0.15) is 0 Å². The first kappa shape index (κ1) is 12.1. The highest BCUT2D eigenvalue weighted by atomic mass is 16.7. The highest BCUT2D eigenvalue weighted by Gasteiger charge is 2.30. The van der Waals surface area contributed by atoms with Crippen LogP contribution in [0, 0.1) is 4.91 Å². The maximum atomic E-state index is 11.1. The molecule has 0 bridgehead atoms. The molecule has 0 aromatic heterocycles. The molecule has 0 radical (unpaired) electrons. The Labute approximate surface area is 91.7 Å². The predicted molar refractivity (Wildman–Crippen MR) is 54.1 cm³/mol. The number of rotatable bonds is 5. The van der Waals surface area contributed by atoms with Crippen molar-refractivity contribution in [2.75, 3.05) is 7.11 Å². The van der Waals surface area contributed by atoms with Crippen molar-refractivity contribution in [3.05, 3.63) is 40.8 Å². The van der Waals surface area contributed by atoms with Gasteiger partial charge in [0.15, 0.2) is 17.5 Å². The van der Waals surface area contributed by atoms with Crippen molar-refractivity contribution in [3.63, 3.8) is 0 Å². The first-order valence-electron chi connectivity index (χ1n) is 4.50. The molecule has 0 saturated heterocycles. The van der Waals surface area contributed by atoms with E-state index in [0.29, 0.717) is 5.56 Å². The monoisotopic (exact) mass is 225 g/mol. The standard InChI is InChI=1S/C10H11NO5/c1-15-10(13)8(12)9(16-11-14)7-5-3-2-4-6-7/h2-6,8-9,12H,1H3. The van der Waals surface area contributed by atoms with Crippen molar-refractivity contribution < 1.29 is 19.5 Å². The summed E-state index contributed by atoms with van der Waals surface area (Å²) in [5.41, 5.74) is 0.458. The normalized spacial score (nSPS) is 13.6. The van der Waals surface area contributed by atoms with Gasteiger partial charge in [-0.05, 0) is 5.56 Å². The van der Waals surface area contributed by atoms with Gasteiger partial charge in [0.25, 0.3) is 0 Å². The molecule has 2 unspecified atom stereocenters. The lowest BCUT2D eigenvalue weighted by molar-refractivity contribution is -0.160. The Morgan fingerprint density at radius 1 is 1.38 bits per heavy atom. The molecule has 0 aliphatic heterocycles. The minimum absolute atomic E-state index is 0.458. The summed E-state index contributed by atoms with van der Waals surface area (Å²) in [6.07, 6.45) is -2.75. The van der Waals surface area contributed by atoms with Gasteiger partial charge in [-0.25, -0.2) is 4.79 Å². The maximum Gasteiger partial charge on any atom is 0.339 e. The van der Waals surface area contributed by atoms with E-state index in [1.165, 1.54) is 0 Å². The van der Waals surface area contributed by atoms with E-state index in [1.54, 1.807) is 30.3 Å². The van der Waals surface area contributed by atoms with E-state index in [4.69, 9.17) is 0 Å². The number of hydrogen-bond donors (Lipinski definition) is 1. The molecular weight excluding hydrogens is 214 g/mol. The molecule has 0 heterocycles. The number of carbonyl (C=O) groups excluding carboxylic acids is 1. The molecule has 86 valence electrons. The topological polar surface area (TPSA) is 85.2 Å². The second kappa shape index (κ2) is 5.82.